The standard InChI is InChI=1S/C23H36/c1-15-13-18-7-6-8-20-21(23(18,5)14-15)10-9-19-17(3)16(2)11-12-22(19,20)4/h15,17-19H,2,6-14H2,1,3-5H3. The molecule has 2 fully saturated rings. The maximum atomic E-state index is 4.40. The van der Waals surface area contributed by atoms with Gasteiger partial charge in [-0.1, -0.05) is 51.0 Å². The normalized spacial score (nSPS) is 50.2. The fourth-order valence-corrected chi connectivity index (χ4v) is 7.53. The fourth-order valence-electron chi connectivity index (χ4n) is 7.53. The zero-order valence-corrected chi connectivity index (χ0v) is 15.9. The van der Waals surface area contributed by atoms with E-state index in [0.717, 1.165) is 23.7 Å². The van der Waals surface area contributed by atoms with Crippen molar-refractivity contribution in [2.45, 2.75) is 85.5 Å². The first kappa shape index (κ1) is 16.0. The first-order valence-corrected chi connectivity index (χ1v) is 10.3. The average Bonchev–Trinajstić information content (AvgIpc) is 2.72. The largest absolute Gasteiger partial charge is 0.0996 e. The van der Waals surface area contributed by atoms with Crippen molar-refractivity contribution in [3.8, 4) is 0 Å². The number of rotatable bonds is 0. The van der Waals surface area contributed by atoms with Crippen molar-refractivity contribution in [2.75, 3.05) is 0 Å². The van der Waals surface area contributed by atoms with Crippen molar-refractivity contribution in [1.82, 2.24) is 0 Å². The second-order valence-electron chi connectivity index (χ2n) is 10.0. The summed E-state index contributed by atoms with van der Waals surface area (Å²) in [5.74, 6) is 3.51. The molecule has 0 amide bonds. The SMILES string of the molecule is C=C1CCC2(C)C3=C(CCC2C1C)C1(C)CC(C)CC1CCC3. The summed E-state index contributed by atoms with van der Waals surface area (Å²) in [6, 6.07) is 0. The lowest BCUT2D eigenvalue weighted by molar-refractivity contribution is 0.104. The molecule has 2 saturated carbocycles. The van der Waals surface area contributed by atoms with Gasteiger partial charge in [0.2, 0.25) is 0 Å². The summed E-state index contributed by atoms with van der Waals surface area (Å²) in [6.45, 7) is 14.7. The molecule has 0 bridgehead atoms. The highest BCUT2D eigenvalue weighted by Crippen LogP contribution is 2.64. The Kier molecular flexibility index (Phi) is 3.64. The average molecular weight is 313 g/mol. The zero-order chi connectivity index (χ0) is 16.4. The van der Waals surface area contributed by atoms with Crippen LogP contribution in [0.2, 0.25) is 0 Å². The quantitative estimate of drug-likeness (QED) is 0.426. The van der Waals surface area contributed by atoms with Gasteiger partial charge in [0, 0.05) is 0 Å². The molecular formula is C23H36. The van der Waals surface area contributed by atoms with E-state index in [1.807, 2.05) is 11.1 Å². The third kappa shape index (κ3) is 2.16. The third-order valence-electron chi connectivity index (χ3n) is 8.82. The van der Waals surface area contributed by atoms with E-state index < -0.39 is 0 Å². The van der Waals surface area contributed by atoms with E-state index in [1.165, 1.54) is 63.4 Å². The zero-order valence-electron chi connectivity index (χ0n) is 15.9. The lowest BCUT2D eigenvalue weighted by atomic mass is 9.51. The van der Waals surface area contributed by atoms with E-state index >= 15 is 0 Å². The third-order valence-corrected chi connectivity index (χ3v) is 8.82. The number of fused-ring (bicyclic) bond motifs is 4. The van der Waals surface area contributed by atoms with Crippen molar-refractivity contribution in [2.24, 2.45) is 34.5 Å². The molecule has 0 aliphatic heterocycles. The van der Waals surface area contributed by atoms with Gasteiger partial charge in [0.25, 0.3) is 0 Å². The predicted octanol–water partition coefficient (Wildman–Crippen LogP) is 6.92. The Morgan fingerprint density at radius 1 is 0.957 bits per heavy atom. The van der Waals surface area contributed by atoms with E-state index in [-0.39, 0.29) is 0 Å². The van der Waals surface area contributed by atoms with Crippen LogP contribution in [0.15, 0.2) is 23.3 Å². The maximum absolute atomic E-state index is 4.40. The molecular weight excluding hydrogens is 276 g/mol. The molecule has 128 valence electrons. The molecule has 0 aromatic carbocycles. The van der Waals surface area contributed by atoms with Gasteiger partial charge in [-0.25, -0.2) is 0 Å². The molecule has 4 aliphatic carbocycles. The van der Waals surface area contributed by atoms with Crippen LogP contribution in [-0.2, 0) is 0 Å². The minimum absolute atomic E-state index is 0.484. The van der Waals surface area contributed by atoms with Crippen molar-refractivity contribution in [3.63, 3.8) is 0 Å². The van der Waals surface area contributed by atoms with Crippen molar-refractivity contribution < 1.29 is 0 Å². The minimum Gasteiger partial charge on any atom is -0.0996 e. The Morgan fingerprint density at radius 3 is 2.48 bits per heavy atom. The second kappa shape index (κ2) is 5.24. The van der Waals surface area contributed by atoms with Crippen LogP contribution in [0.25, 0.3) is 0 Å². The van der Waals surface area contributed by atoms with Gasteiger partial charge in [0.15, 0.2) is 0 Å². The Hall–Kier alpha value is -0.520. The Bertz CT molecular complexity index is 552. The highest BCUT2D eigenvalue weighted by molar-refractivity contribution is 5.36. The molecule has 0 spiro atoms. The van der Waals surface area contributed by atoms with Gasteiger partial charge in [-0.2, -0.15) is 0 Å². The van der Waals surface area contributed by atoms with Crippen LogP contribution < -0.4 is 0 Å². The van der Waals surface area contributed by atoms with Gasteiger partial charge < -0.3 is 0 Å². The lowest BCUT2D eigenvalue weighted by Gasteiger charge is -2.53. The van der Waals surface area contributed by atoms with Crippen LogP contribution in [0.1, 0.15) is 85.5 Å². The Labute approximate surface area is 143 Å². The second-order valence-corrected chi connectivity index (χ2v) is 10.0. The molecule has 6 unspecified atom stereocenters. The number of hydrogen-bond donors (Lipinski definition) is 0. The summed E-state index contributed by atoms with van der Waals surface area (Å²) >= 11 is 0. The summed E-state index contributed by atoms with van der Waals surface area (Å²) < 4.78 is 0. The molecule has 4 rings (SSSR count). The van der Waals surface area contributed by atoms with E-state index in [4.69, 9.17) is 0 Å². The molecule has 6 atom stereocenters. The maximum Gasteiger partial charge on any atom is -0.00765 e. The van der Waals surface area contributed by atoms with Crippen molar-refractivity contribution in [1.29, 1.82) is 0 Å². The lowest BCUT2D eigenvalue weighted by Crippen LogP contribution is -2.43. The summed E-state index contributed by atoms with van der Waals surface area (Å²) in [5, 5.41) is 0. The van der Waals surface area contributed by atoms with E-state index in [1.54, 1.807) is 0 Å². The molecule has 0 aromatic heterocycles. The summed E-state index contributed by atoms with van der Waals surface area (Å²) in [6.07, 6.45) is 12.7. The minimum atomic E-state index is 0.484. The molecule has 0 nitrogen and oxygen atoms in total. The first-order chi connectivity index (χ1) is 10.9. The molecule has 0 aromatic rings. The Balaban J connectivity index is 1.80. The summed E-state index contributed by atoms with van der Waals surface area (Å²) in [4.78, 5) is 0. The van der Waals surface area contributed by atoms with Gasteiger partial charge in [0.1, 0.15) is 0 Å². The Morgan fingerprint density at radius 2 is 1.70 bits per heavy atom. The summed E-state index contributed by atoms with van der Waals surface area (Å²) in [7, 11) is 0. The van der Waals surface area contributed by atoms with Gasteiger partial charge >= 0.3 is 0 Å². The van der Waals surface area contributed by atoms with Gasteiger partial charge in [0.05, 0.1) is 0 Å². The van der Waals surface area contributed by atoms with Crippen LogP contribution in [0.3, 0.4) is 0 Å². The molecule has 4 aliphatic rings. The van der Waals surface area contributed by atoms with Gasteiger partial charge in [-0.05, 0) is 92.3 Å². The number of hydrogen-bond acceptors (Lipinski definition) is 0. The van der Waals surface area contributed by atoms with Gasteiger partial charge in [-0.15, -0.1) is 0 Å². The smallest absolute Gasteiger partial charge is 0.00765 e. The molecule has 0 saturated heterocycles. The fraction of sp³-hybridized carbons (Fsp3) is 0.826. The van der Waals surface area contributed by atoms with Crippen molar-refractivity contribution in [3.05, 3.63) is 23.3 Å². The van der Waals surface area contributed by atoms with E-state index in [0.29, 0.717) is 10.8 Å². The van der Waals surface area contributed by atoms with E-state index in [2.05, 4.69) is 34.3 Å². The van der Waals surface area contributed by atoms with Crippen LogP contribution >= 0.6 is 0 Å². The van der Waals surface area contributed by atoms with Gasteiger partial charge in [-0.3, -0.25) is 0 Å². The molecule has 0 N–H and O–H groups in total. The molecule has 0 heteroatoms. The molecule has 0 radical (unpaired) electrons. The topological polar surface area (TPSA) is 0 Å². The number of allylic oxidation sites excluding steroid dienone is 3. The predicted molar refractivity (Wildman–Crippen MR) is 99.2 cm³/mol. The van der Waals surface area contributed by atoms with Crippen molar-refractivity contribution >= 4 is 0 Å². The molecule has 23 heavy (non-hydrogen) atoms. The van der Waals surface area contributed by atoms with Crippen LogP contribution in [0, 0.1) is 34.5 Å². The highest BCUT2D eigenvalue weighted by atomic mass is 14.6. The van der Waals surface area contributed by atoms with Crippen LogP contribution in [-0.4, -0.2) is 0 Å². The monoisotopic (exact) mass is 312 g/mol. The van der Waals surface area contributed by atoms with E-state index in [9.17, 15) is 0 Å². The summed E-state index contributed by atoms with van der Waals surface area (Å²) in [5.41, 5.74) is 6.44. The molecule has 0 heterocycles. The van der Waals surface area contributed by atoms with Crippen LogP contribution in [0.4, 0.5) is 0 Å². The van der Waals surface area contributed by atoms with Crippen LogP contribution in [0.5, 0.6) is 0 Å². The highest BCUT2D eigenvalue weighted by Gasteiger charge is 2.53. The first-order valence-electron chi connectivity index (χ1n) is 10.3.